The van der Waals surface area contributed by atoms with E-state index in [0.717, 1.165) is 0 Å². The molecule has 1 unspecified atom stereocenters. The van der Waals surface area contributed by atoms with Crippen LogP contribution in [0.3, 0.4) is 0 Å². The van der Waals surface area contributed by atoms with Crippen LogP contribution in [0.15, 0.2) is 60.7 Å². The summed E-state index contributed by atoms with van der Waals surface area (Å²) in [6.45, 7) is 3.17. The van der Waals surface area contributed by atoms with Gasteiger partial charge in [0.1, 0.15) is 5.54 Å². The number of carbonyl (C=O) groups is 2. The standard InChI is InChI=1S/C18H20N2O3/c1-18(2,17(23)19-14-11-7-4-8-12-14)20-16(22)15(21)13-9-5-3-6-10-13/h3-12,15,21H,1-2H3,(H,19,23)(H,20,22). The van der Waals surface area contributed by atoms with Crippen LogP contribution < -0.4 is 10.6 Å². The monoisotopic (exact) mass is 312 g/mol. The maximum Gasteiger partial charge on any atom is 0.254 e. The summed E-state index contributed by atoms with van der Waals surface area (Å²) in [6, 6.07) is 17.6. The Balaban J connectivity index is 2.02. The molecule has 2 rings (SSSR count). The van der Waals surface area contributed by atoms with Crippen LogP contribution in [0.2, 0.25) is 0 Å². The first kappa shape index (κ1) is 16.7. The molecule has 0 heterocycles. The fourth-order valence-corrected chi connectivity index (χ4v) is 2.03. The Hall–Kier alpha value is -2.66. The largest absolute Gasteiger partial charge is 0.378 e. The van der Waals surface area contributed by atoms with Crippen molar-refractivity contribution >= 4 is 17.5 Å². The number of carbonyl (C=O) groups excluding carboxylic acids is 2. The molecular formula is C18H20N2O3. The van der Waals surface area contributed by atoms with E-state index < -0.39 is 17.6 Å². The number of anilines is 1. The molecule has 0 bridgehead atoms. The van der Waals surface area contributed by atoms with Crippen LogP contribution in [0.5, 0.6) is 0 Å². The zero-order chi connectivity index (χ0) is 16.9. The van der Waals surface area contributed by atoms with Crippen LogP contribution >= 0.6 is 0 Å². The third-order valence-electron chi connectivity index (χ3n) is 3.40. The third-order valence-corrected chi connectivity index (χ3v) is 3.40. The van der Waals surface area contributed by atoms with E-state index in [2.05, 4.69) is 10.6 Å². The highest BCUT2D eigenvalue weighted by Crippen LogP contribution is 2.15. The van der Waals surface area contributed by atoms with Crippen LogP contribution in [0.25, 0.3) is 0 Å². The van der Waals surface area contributed by atoms with Gasteiger partial charge in [-0.2, -0.15) is 0 Å². The van der Waals surface area contributed by atoms with Crippen molar-refractivity contribution in [2.75, 3.05) is 5.32 Å². The zero-order valence-corrected chi connectivity index (χ0v) is 13.1. The van der Waals surface area contributed by atoms with Gasteiger partial charge in [0.2, 0.25) is 5.91 Å². The maximum absolute atomic E-state index is 12.3. The first-order valence-electron chi connectivity index (χ1n) is 7.32. The van der Waals surface area contributed by atoms with Crippen molar-refractivity contribution in [3.63, 3.8) is 0 Å². The summed E-state index contributed by atoms with van der Waals surface area (Å²) in [6.07, 6.45) is -1.32. The summed E-state index contributed by atoms with van der Waals surface area (Å²) >= 11 is 0. The van der Waals surface area contributed by atoms with Gasteiger partial charge in [-0.05, 0) is 31.5 Å². The second-order valence-electron chi connectivity index (χ2n) is 5.75. The van der Waals surface area contributed by atoms with Gasteiger partial charge >= 0.3 is 0 Å². The van der Waals surface area contributed by atoms with E-state index in [1.807, 2.05) is 6.07 Å². The molecule has 120 valence electrons. The highest BCUT2D eigenvalue weighted by atomic mass is 16.3. The Kier molecular flexibility index (Phi) is 5.13. The molecule has 1 atom stereocenters. The molecule has 0 aliphatic carbocycles. The molecule has 0 fully saturated rings. The van der Waals surface area contributed by atoms with E-state index in [0.29, 0.717) is 11.3 Å². The van der Waals surface area contributed by atoms with E-state index in [4.69, 9.17) is 0 Å². The molecule has 0 aliphatic heterocycles. The van der Waals surface area contributed by atoms with Gasteiger partial charge in [-0.15, -0.1) is 0 Å². The molecule has 0 aliphatic rings. The molecule has 2 aromatic rings. The maximum atomic E-state index is 12.3. The number of para-hydroxylation sites is 1. The zero-order valence-electron chi connectivity index (χ0n) is 13.1. The molecule has 0 aromatic heterocycles. The second-order valence-corrected chi connectivity index (χ2v) is 5.75. The van der Waals surface area contributed by atoms with Gasteiger partial charge in [-0.3, -0.25) is 9.59 Å². The van der Waals surface area contributed by atoms with E-state index in [1.54, 1.807) is 68.4 Å². The van der Waals surface area contributed by atoms with Gasteiger partial charge < -0.3 is 15.7 Å². The van der Waals surface area contributed by atoms with E-state index >= 15 is 0 Å². The number of aliphatic hydroxyl groups excluding tert-OH is 1. The lowest BCUT2D eigenvalue weighted by Crippen LogP contribution is -2.53. The molecule has 5 heteroatoms. The first-order chi connectivity index (χ1) is 10.9. The molecule has 3 N–H and O–H groups in total. The van der Waals surface area contributed by atoms with Gasteiger partial charge in [0.15, 0.2) is 6.10 Å². The highest BCUT2D eigenvalue weighted by molar-refractivity contribution is 6.00. The van der Waals surface area contributed by atoms with Crippen molar-refractivity contribution in [3.8, 4) is 0 Å². The lowest BCUT2D eigenvalue weighted by molar-refractivity contribution is -0.135. The van der Waals surface area contributed by atoms with Gasteiger partial charge in [0, 0.05) is 5.69 Å². The Bertz CT molecular complexity index is 669. The number of nitrogens with one attached hydrogen (secondary N) is 2. The molecule has 0 radical (unpaired) electrons. The summed E-state index contributed by atoms with van der Waals surface area (Å²) in [5.74, 6) is -0.985. The van der Waals surface area contributed by atoms with Gasteiger partial charge in [-0.1, -0.05) is 48.5 Å². The summed E-state index contributed by atoms with van der Waals surface area (Å²) < 4.78 is 0. The van der Waals surface area contributed by atoms with Crippen molar-refractivity contribution in [3.05, 3.63) is 66.2 Å². The number of amides is 2. The third kappa shape index (κ3) is 4.40. The second kappa shape index (κ2) is 7.07. The molecule has 0 spiro atoms. The Morgan fingerprint density at radius 3 is 2.04 bits per heavy atom. The number of hydrogen-bond donors (Lipinski definition) is 3. The Morgan fingerprint density at radius 1 is 0.957 bits per heavy atom. The molecule has 2 amide bonds. The SMILES string of the molecule is CC(C)(NC(=O)C(O)c1ccccc1)C(=O)Nc1ccccc1. The van der Waals surface area contributed by atoms with Crippen LogP contribution in [-0.2, 0) is 9.59 Å². The van der Waals surface area contributed by atoms with Gasteiger partial charge in [0.25, 0.3) is 5.91 Å². The van der Waals surface area contributed by atoms with Crippen LogP contribution in [0.1, 0.15) is 25.5 Å². The number of aliphatic hydroxyl groups is 1. The van der Waals surface area contributed by atoms with E-state index in [9.17, 15) is 14.7 Å². The van der Waals surface area contributed by atoms with Crippen molar-refractivity contribution in [1.29, 1.82) is 0 Å². The van der Waals surface area contributed by atoms with Crippen LogP contribution in [-0.4, -0.2) is 22.5 Å². The fourth-order valence-electron chi connectivity index (χ4n) is 2.03. The molecule has 2 aromatic carbocycles. The van der Waals surface area contributed by atoms with Crippen molar-refractivity contribution in [2.45, 2.75) is 25.5 Å². The number of hydrogen-bond acceptors (Lipinski definition) is 3. The first-order valence-corrected chi connectivity index (χ1v) is 7.32. The predicted octanol–water partition coefficient (Wildman–Crippen LogP) is 2.25. The van der Waals surface area contributed by atoms with Gasteiger partial charge in [-0.25, -0.2) is 0 Å². The quantitative estimate of drug-likeness (QED) is 0.792. The van der Waals surface area contributed by atoms with Crippen LogP contribution in [0, 0.1) is 0 Å². The van der Waals surface area contributed by atoms with Crippen molar-refractivity contribution < 1.29 is 14.7 Å². The molecule has 23 heavy (non-hydrogen) atoms. The minimum Gasteiger partial charge on any atom is -0.378 e. The number of rotatable bonds is 5. The minimum absolute atomic E-state index is 0.364. The Labute approximate surface area is 135 Å². The van der Waals surface area contributed by atoms with E-state index in [-0.39, 0.29) is 5.91 Å². The summed E-state index contributed by atoms with van der Waals surface area (Å²) in [5, 5.41) is 15.4. The summed E-state index contributed by atoms with van der Waals surface area (Å²) in [5.41, 5.74) is -0.0458. The number of benzene rings is 2. The average Bonchev–Trinajstić information content (AvgIpc) is 2.55. The predicted molar refractivity (Wildman–Crippen MR) is 88.7 cm³/mol. The smallest absolute Gasteiger partial charge is 0.254 e. The summed E-state index contributed by atoms with van der Waals surface area (Å²) in [7, 11) is 0. The fraction of sp³-hybridized carbons (Fsp3) is 0.222. The van der Waals surface area contributed by atoms with Gasteiger partial charge in [0.05, 0.1) is 0 Å². The Morgan fingerprint density at radius 2 is 1.48 bits per heavy atom. The highest BCUT2D eigenvalue weighted by Gasteiger charge is 2.32. The minimum atomic E-state index is -1.32. The molecular weight excluding hydrogens is 292 g/mol. The molecule has 0 saturated carbocycles. The van der Waals surface area contributed by atoms with Crippen molar-refractivity contribution in [2.24, 2.45) is 0 Å². The van der Waals surface area contributed by atoms with Crippen molar-refractivity contribution in [1.82, 2.24) is 5.32 Å². The molecule has 5 nitrogen and oxygen atoms in total. The lowest BCUT2D eigenvalue weighted by Gasteiger charge is -2.26. The summed E-state index contributed by atoms with van der Waals surface area (Å²) in [4.78, 5) is 24.5. The van der Waals surface area contributed by atoms with E-state index in [1.165, 1.54) is 0 Å². The van der Waals surface area contributed by atoms with Crippen LogP contribution in [0.4, 0.5) is 5.69 Å². The average molecular weight is 312 g/mol. The normalized spacial score (nSPS) is 12.3. The lowest BCUT2D eigenvalue weighted by atomic mass is 10.0. The molecule has 0 saturated heterocycles. The topological polar surface area (TPSA) is 78.4 Å².